The second-order valence-corrected chi connectivity index (χ2v) is 3.82. The molecular formula is C10H19N5O. The lowest BCUT2D eigenvalue weighted by Gasteiger charge is -2.25. The van der Waals surface area contributed by atoms with E-state index in [1.165, 1.54) is 0 Å². The molecule has 1 heterocycles. The number of hydrogen-bond donors (Lipinski definition) is 2. The fourth-order valence-corrected chi connectivity index (χ4v) is 1.70. The van der Waals surface area contributed by atoms with E-state index in [4.69, 9.17) is 10.9 Å². The van der Waals surface area contributed by atoms with Crippen LogP contribution in [-0.2, 0) is 13.6 Å². The molecule has 1 aromatic rings. The second kappa shape index (κ2) is 5.50. The van der Waals surface area contributed by atoms with Crippen LogP contribution < -0.4 is 5.73 Å². The number of amidine groups is 1. The molecule has 0 bridgehead atoms. The Bertz CT molecular complexity index is 360. The van der Waals surface area contributed by atoms with Gasteiger partial charge in [0.05, 0.1) is 12.6 Å². The zero-order chi connectivity index (χ0) is 12.1. The molecule has 1 atom stereocenters. The molecule has 0 saturated heterocycles. The molecule has 0 fully saturated rings. The highest BCUT2D eigenvalue weighted by Crippen LogP contribution is 2.07. The van der Waals surface area contributed by atoms with E-state index < -0.39 is 0 Å². The predicted molar refractivity (Wildman–Crippen MR) is 62.2 cm³/mol. The molecule has 0 aliphatic rings. The summed E-state index contributed by atoms with van der Waals surface area (Å²) in [5.74, 6) is 1.19. The first-order valence-corrected chi connectivity index (χ1v) is 5.24. The lowest BCUT2D eigenvalue weighted by atomic mass is 10.2. The molecule has 0 saturated carbocycles. The van der Waals surface area contributed by atoms with Gasteiger partial charge in [-0.15, -0.1) is 0 Å². The molecule has 1 rings (SSSR count). The monoisotopic (exact) mass is 225 g/mol. The highest BCUT2D eigenvalue weighted by Gasteiger charge is 2.18. The first-order valence-electron chi connectivity index (χ1n) is 5.24. The van der Waals surface area contributed by atoms with Crippen LogP contribution in [0.5, 0.6) is 0 Å². The standard InChI is InChI=1S/C10H19N5O/c1-4-8(10(11)13-16)15(3)7-9-12-5-6-14(9)2/h5-6,8,16H,4,7H2,1-3H3,(H2,11,13). The molecule has 1 unspecified atom stereocenters. The van der Waals surface area contributed by atoms with Crippen molar-refractivity contribution in [2.75, 3.05) is 7.05 Å². The molecule has 0 aliphatic heterocycles. The molecule has 16 heavy (non-hydrogen) atoms. The summed E-state index contributed by atoms with van der Waals surface area (Å²) in [6.45, 7) is 2.66. The number of nitrogens with zero attached hydrogens (tertiary/aromatic N) is 4. The molecule has 6 nitrogen and oxygen atoms in total. The number of aryl methyl sites for hydroxylation is 1. The maximum Gasteiger partial charge on any atom is 0.156 e. The Morgan fingerprint density at radius 1 is 1.75 bits per heavy atom. The van der Waals surface area contributed by atoms with E-state index in [0.29, 0.717) is 6.54 Å². The molecule has 0 spiro atoms. The normalized spacial score (nSPS) is 14.4. The lowest BCUT2D eigenvalue weighted by molar-refractivity contribution is 0.257. The van der Waals surface area contributed by atoms with Crippen LogP contribution in [0.25, 0.3) is 0 Å². The zero-order valence-electron chi connectivity index (χ0n) is 9.96. The van der Waals surface area contributed by atoms with Gasteiger partial charge in [-0.25, -0.2) is 4.98 Å². The Kier molecular flexibility index (Phi) is 4.30. The smallest absolute Gasteiger partial charge is 0.156 e. The van der Waals surface area contributed by atoms with Gasteiger partial charge in [-0.05, 0) is 13.5 Å². The molecule has 1 aromatic heterocycles. The van der Waals surface area contributed by atoms with Gasteiger partial charge in [-0.1, -0.05) is 12.1 Å². The minimum Gasteiger partial charge on any atom is -0.409 e. The number of nitrogens with two attached hydrogens (primary N) is 1. The molecule has 90 valence electrons. The van der Waals surface area contributed by atoms with E-state index in [9.17, 15) is 0 Å². The van der Waals surface area contributed by atoms with Crippen molar-refractivity contribution in [1.29, 1.82) is 0 Å². The largest absolute Gasteiger partial charge is 0.409 e. The Morgan fingerprint density at radius 3 is 2.88 bits per heavy atom. The van der Waals surface area contributed by atoms with Gasteiger partial charge in [0.2, 0.25) is 0 Å². The van der Waals surface area contributed by atoms with Crippen LogP contribution in [-0.4, -0.2) is 38.6 Å². The molecule has 0 aromatic carbocycles. The SMILES string of the molecule is CCC(C(N)=NO)N(C)Cc1nccn1C. The maximum atomic E-state index is 8.68. The summed E-state index contributed by atoms with van der Waals surface area (Å²) in [7, 11) is 3.88. The third kappa shape index (κ3) is 2.73. The average molecular weight is 225 g/mol. The van der Waals surface area contributed by atoms with Crippen LogP contribution in [0.1, 0.15) is 19.2 Å². The fourth-order valence-electron chi connectivity index (χ4n) is 1.70. The van der Waals surface area contributed by atoms with Gasteiger partial charge in [0.25, 0.3) is 0 Å². The topological polar surface area (TPSA) is 79.7 Å². The van der Waals surface area contributed by atoms with Crippen molar-refractivity contribution in [3.05, 3.63) is 18.2 Å². The second-order valence-electron chi connectivity index (χ2n) is 3.82. The maximum absolute atomic E-state index is 8.68. The molecule has 0 aliphatic carbocycles. The summed E-state index contributed by atoms with van der Waals surface area (Å²) in [5.41, 5.74) is 5.63. The lowest BCUT2D eigenvalue weighted by Crippen LogP contribution is -2.42. The zero-order valence-corrected chi connectivity index (χ0v) is 9.96. The minimum atomic E-state index is -0.0679. The van der Waals surface area contributed by atoms with Crippen LogP contribution >= 0.6 is 0 Å². The first-order chi connectivity index (χ1) is 7.60. The van der Waals surface area contributed by atoms with Crippen LogP contribution in [0.4, 0.5) is 0 Å². The fraction of sp³-hybridized carbons (Fsp3) is 0.600. The van der Waals surface area contributed by atoms with Crippen molar-refractivity contribution < 1.29 is 5.21 Å². The first kappa shape index (κ1) is 12.5. The highest BCUT2D eigenvalue weighted by molar-refractivity contribution is 5.85. The van der Waals surface area contributed by atoms with Crippen LogP contribution in [0, 0.1) is 0 Å². The molecule has 0 amide bonds. The summed E-state index contributed by atoms with van der Waals surface area (Å²) < 4.78 is 1.95. The Hall–Kier alpha value is -1.56. The van der Waals surface area contributed by atoms with Crippen LogP contribution in [0.15, 0.2) is 17.5 Å². The number of oxime groups is 1. The van der Waals surface area contributed by atoms with E-state index in [0.717, 1.165) is 12.2 Å². The van der Waals surface area contributed by atoms with Gasteiger partial charge in [-0.3, -0.25) is 4.90 Å². The number of aromatic nitrogens is 2. The Morgan fingerprint density at radius 2 is 2.44 bits per heavy atom. The van der Waals surface area contributed by atoms with Crippen molar-refractivity contribution in [2.24, 2.45) is 17.9 Å². The third-order valence-electron chi connectivity index (χ3n) is 2.69. The summed E-state index contributed by atoms with van der Waals surface area (Å²) in [6, 6.07) is -0.0679. The molecule has 6 heteroatoms. The van der Waals surface area contributed by atoms with Gasteiger partial charge in [0.15, 0.2) is 5.84 Å². The number of rotatable bonds is 5. The summed E-state index contributed by atoms with van der Waals surface area (Å²) in [6.07, 6.45) is 4.44. The van der Waals surface area contributed by atoms with E-state index in [1.54, 1.807) is 6.20 Å². The van der Waals surface area contributed by atoms with Crippen molar-refractivity contribution in [3.63, 3.8) is 0 Å². The van der Waals surface area contributed by atoms with Crippen molar-refractivity contribution in [2.45, 2.75) is 25.9 Å². The number of likely N-dealkylation sites (N-methyl/N-ethyl adjacent to an activating group) is 1. The van der Waals surface area contributed by atoms with E-state index in [-0.39, 0.29) is 11.9 Å². The molecular weight excluding hydrogens is 206 g/mol. The van der Waals surface area contributed by atoms with Gasteiger partial charge in [-0.2, -0.15) is 0 Å². The highest BCUT2D eigenvalue weighted by atomic mass is 16.4. The average Bonchev–Trinajstić information content (AvgIpc) is 2.65. The number of hydrogen-bond acceptors (Lipinski definition) is 4. The van der Waals surface area contributed by atoms with Crippen LogP contribution in [0.2, 0.25) is 0 Å². The van der Waals surface area contributed by atoms with Crippen molar-refractivity contribution in [3.8, 4) is 0 Å². The number of imidazole rings is 1. The Balaban J connectivity index is 2.70. The molecule has 3 N–H and O–H groups in total. The minimum absolute atomic E-state index is 0.0679. The third-order valence-corrected chi connectivity index (χ3v) is 2.69. The van der Waals surface area contributed by atoms with Crippen molar-refractivity contribution in [1.82, 2.24) is 14.5 Å². The van der Waals surface area contributed by atoms with Gasteiger partial charge in [0, 0.05) is 19.4 Å². The van der Waals surface area contributed by atoms with Gasteiger partial charge in [0.1, 0.15) is 5.82 Å². The molecule has 0 radical (unpaired) electrons. The summed E-state index contributed by atoms with van der Waals surface area (Å²) in [4.78, 5) is 6.25. The predicted octanol–water partition coefficient (Wildman–Crippen LogP) is 0.377. The van der Waals surface area contributed by atoms with E-state index >= 15 is 0 Å². The van der Waals surface area contributed by atoms with E-state index in [1.807, 2.05) is 36.7 Å². The van der Waals surface area contributed by atoms with Crippen LogP contribution in [0.3, 0.4) is 0 Å². The van der Waals surface area contributed by atoms with E-state index in [2.05, 4.69) is 10.1 Å². The Labute approximate surface area is 95.4 Å². The summed E-state index contributed by atoms with van der Waals surface area (Å²) in [5, 5.41) is 11.7. The quantitative estimate of drug-likeness (QED) is 0.328. The van der Waals surface area contributed by atoms with Gasteiger partial charge < -0.3 is 15.5 Å². The summed E-state index contributed by atoms with van der Waals surface area (Å²) >= 11 is 0. The van der Waals surface area contributed by atoms with Crippen molar-refractivity contribution >= 4 is 5.84 Å². The van der Waals surface area contributed by atoms with Gasteiger partial charge >= 0.3 is 0 Å².